The van der Waals surface area contributed by atoms with Crippen molar-refractivity contribution in [3.63, 3.8) is 0 Å². The van der Waals surface area contributed by atoms with Gasteiger partial charge in [-0.3, -0.25) is 0 Å². The lowest BCUT2D eigenvalue weighted by molar-refractivity contribution is 0.580. The first kappa shape index (κ1) is 11.2. The molecule has 1 aromatic heterocycles. The number of hydrogen-bond donors (Lipinski definition) is 1. The van der Waals surface area contributed by atoms with E-state index in [0.717, 1.165) is 18.7 Å². The van der Waals surface area contributed by atoms with Gasteiger partial charge in [-0.1, -0.05) is 6.92 Å². The van der Waals surface area contributed by atoms with Crippen LogP contribution in [0.5, 0.6) is 0 Å². The molecule has 0 aromatic carbocycles. The molecule has 1 N–H and O–H groups in total. The molecule has 0 aliphatic carbocycles. The largest absolute Gasteiger partial charge is 0.354 e. The maximum atomic E-state index is 13.2. The summed E-state index contributed by atoms with van der Waals surface area (Å²) in [5.74, 6) is 1.03. The molecule has 0 aliphatic rings. The monoisotopic (exact) mass is 215 g/mol. The number of thioether (sulfide) groups is 1. The number of hydrogen-bond acceptors (Lipinski definition) is 4. The molecular weight excluding hydrogens is 201 g/mol. The van der Waals surface area contributed by atoms with Crippen LogP contribution < -0.4 is 5.32 Å². The fraction of sp³-hybridized carbons (Fsp3) is 0.556. The Morgan fingerprint density at radius 1 is 1.50 bits per heavy atom. The standard InChI is InChI=1S/C9H14FN3S/c1-3-5-14-8-7(10)6-12-9(13-8)11-4-2/h6H,3-5H2,1-2H3,(H,11,12,13). The van der Waals surface area contributed by atoms with E-state index in [4.69, 9.17) is 0 Å². The van der Waals surface area contributed by atoms with Gasteiger partial charge < -0.3 is 5.32 Å². The van der Waals surface area contributed by atoms with Crippen LogP contribution in [0.1, 0.15) is 20.3 Å². The third kappa shape index (κ3) is 3.14. The number of anilines is 1. The van der Waals surface area contributed by atoms with Crippen molar-refractivity contribution in [2.45, 2.75) is 25.3 Å². The van der Waals surface area contributed by atoms with Crippen LogP contribution in [-0.2, 0) is 0 Å². The molecule has 0 radical (unpaired) electrons. The number of nitrogens with zero attached hydrogens (tertiary/aromatic N) is 2. The summed E-state index contributed by atoms with van der Waals surface area (Å²) >= 11 is 1.42. The van der Waals surface area contributed by atoms with Crippen molar-refractivity contribution < 1.29 is 4.39 Å². The molecule has 1 heterocycles. The van der Waals surface area contributed by atoms with E-state index in [1.807, 2.05) is 6.92 Å². The minimum Gasteiger partial charge on any atom is -0.354 e. The van der Waals surface area contributed by atoms with Gasteiger partial charge in [0.1, 0.15) is 5.03 Å². The molecular formula is C9H14FN3S. The first-order valence-electron chi connectivity index (χ1n) is 4.67. The Morgan fingerprint density at radius 3 is 2.93 bits per heavy atom. The van der Waals surface area contributed by atoms with Crippen molar-refractivity contribution in [3.05, 3.63) is 12.0 Å². The lowest BCUT2D eigenvalue weighted by atomic mass is 10.6. The van der Waals surface area contributed by atoms with E-state index in [2.05, 4.69) is 22.2 Å². The minimum atomic E-state index is -0.342. The Kier molecular flexibility index (Phi) is 4.65. The lowest BCUT2D eigenvalue weighted by Gasteiger charge is -2.04. The second kappa shape index (κ2) is 5.80. The fourth-order valence-electron chi connectivity index (χ4n) is 0.895. The van der Waals surface area contributed by atoms with E-state index in [1.165, 1.54) is 18.0 Å². The van der Waals surface area contributed by atoms with Crippen LogP contribution in [0.25, 0.3) is 0 Å². The van der Waals surface area contributed by atoms with Crippen molar-refractivity contribution >= 4 is 17.7 Å². The third-order valence-electron chi connectivity index (χ3n) is 1.49. The fourth-order valence-corrected chi connectivity index (χ4v) is 1.63. The summed E-state index contributed by atoms with van der Waals surface area (Å²) in [6.07, 6.45) is 2.22. The molecule has 3 nitrogen and oxygen atoms in total. The summed E-state index contributed by atoms with van der Waals surface area (Å²) in [6, 6.07) is 0. The van der Waals surface area contributed by atoms with Gasteiger partial charge >= 0.3 is 0 Å². The van der Waals surface area contributed by atoms with Crippen LogP contribution in [0.2, 0.25) is 0 Å². The van der Waals surface area contributed by atoms with Crippen LogP contribution >= 0.6 is 11.8 Å². The maximum Gasteiger partial charge on any atom is 0.223 e. The Hall–Kier alpha value is -0.840. The molecule has 0 fully saturated rings. The summed E-state index contributed by atoms with van der Waals surface area (Å²) in [5, 5.41) is 3.38. The molecule has 0 spiro atoms. The van der Waals surface area contributed by atoms with E-state index < -0.39 is 0 Å². The molecule has 0 saturated heterocycles. The van der Waals surface area contributed by atoms with Crippen molar-refractivity contribution in [1.82, 2.24) is 9.97 Å². The molecule has 0 amide bonds. The average Bonchev–Trinajstić information content (AvgIpc) is 2.19. The molecule has 0 bridgehead atoms. The molecule has 1 rings (SSSR count). The Balaban J connectivity index is 2.74. The second-order valence-corrected chi connectivity index (χ2v) is 3.81. The maximum absolute atomic E-state index is 13.2. The van der Waals surface area contributed by atoms with Crippen molar-refractivity contribution in [3.8, 4) is 0 Å². The van der Waals surface area contributed by atoms with E-state index in [-0.39, 0.29) is 5.82 Å². The van der Waals surface area contributed by atoms with Gasteiger partial charge in [0.2, 0.25) is 5.95 Å². The summed E-state index contributed by atoms with van der Waals surface area (Å²) in [7, 11) is 0. The number of aromatic nitrogens is 2. The normalized spacial score (nSPS) is 10.2. The van der Waals surface area contributed by atoms with Gasteiger partial charge in [-0.15, -0.1) is 11.8 Å². The third-order valence-corrected chi connectivity index (χ3v) is 2.66. The highest BCUT2D eigenvalue weighted by atomic mass is 32.2. The molecule has 78 valence electrons. The number of halogens is 1. The molecule has 5 heteroatoms. The van der Waals surface area contributed by atoms with Crippen molar-refractivity contribution in [1.29, 1.82) is 0 Å². The summed E-state index contributed by atoms with van der Waals surface area (Å²) in [4.78, 5) is 7.89. The average molecular weight is 215 g/mol. The van der Waals surface area contributed by atoms with Crippen LogP contribution in [0.3, 0.4) is 0 Å². The molecule has 0 unspecified atom stereocenters. The van der Waals surface area contributed by atoms with E-state index in [0.29, 0.717) is 11.0 Å². The highest BCUT2D eigenvalue weighted by Gasteiger charge is 2.06. The number of rotatable bonds is 5. The Morgan fingerprint density at radius 2 is 2.29 bits per heavy atom. The molecule has 0 aliphatic heterocycles. The highest BCUT2D eigenvalue weighted by Crippen LogP contribution is 2.20. The highest BCUT2D eigenvalue weighted by molar-refractivity contribution is 7.99. The summed E-state index contributed by atoms with van der Waals surface area (Å²) in [6.45, 7) is 4.74. The van der Waals surface area contributed by atoms with Crippen molar-refractivity contribution in [2.24, 2.45) is 0 Å². The van der Waals surface area contributed by atoms with Gasteiger partial charge in [-0.25, -0.2) is 14.4 Å². The summed E-state index contributed by atoms with van der Waals surface area (Å²) < 4.78 is 13.2. The van der Waals surface area contributed by atoms with Crippen LogP contribution in [0.15, 0.2) is 11.2 Å². The number of nitrogens with one attached hydrogen (secondary N) is 1. The quantitative estimate of drug-likeness (QED) is 0.605. The predicted octanol–water partition coefficient (Wildman–Crippen LogP) is 2.55. The van der Waals surface area contributed by atoms with Gasteiger partial charge in [0.25, 0.3) is 0 Å². The molecule has 1 aromatic rings. The van der Waals surface area contributed by atoms with E-state index in [9.17, 15) is 4.39 Å². The van der Waals surface area contributed by atoms with Gasteiger partial charge in [-0.2, -0.15) is 0 Å². The van der Waals surface area contributed by atoms with Gasteiger partial charge in [0.15, 0.2) is 5.82 Å². The topological polar surface area (TPSA) is 37.8 Å². The summed E-state index contributed by atoms with van der Waals surface area (Å²) in [5.41, 5.74) is 0. The van der Waals surface area contributed by atoms with E-state index in [1.54, 1.807) is 0 Å². The van der Waals surface area contributed by atoms with Crippen LogP contribution in [0, 0.1) is 5.82 Å². The first-order chi connectivity index (χ1) is 6.77. The van der Waals surface area contributed by atoms with Crippen LogP contribution in [0.4, 0.5) is 10.3 Å². The van der Waals surface area contributed by atoms with Crippen LogP contribution in [-0.4, -0.2) is 22.3 Å². The molecule has 0 saturated carbocycles. The smallest absolute Gasteiger partial charge is 0.223 e. The van der Waals surface area contributed by atoms with E-state index >= 15 is 0 Å². The zero-order valence-electron chi connectivity index (χ0n) is 8.38. The lowest BCUT2D eigenvalue weighted by Crippen LogP contribution is -2.03. The zero-order valence-corrected chi connectivity index (χ0v) is 9.20. The predicted molar refractivity (Wildman–Crippen MR) is 57.2 cm³/mol. The SMILES string of the molecule is CCCSc1nc(NCC)ncc1F. The Bertz CT molecular complexity index is 293. The van der Waals surface area contributed by atoms with Gasteiger partial charge in [0, 0.05) is 6.54 Å². The van der Waals surface area contributed by atoms with Crippen molar-refractivity contribution in [2.75, 3.05) is 17.6 Å². The second-order valence-electron chi connectivity index (χ2n) is 2.73. The van der Waals surface area contributed by atoms with Gasteiger partial charge in [-0.05, 0) is 19.1 Å². The molecule has 0 atom stereocenters. The van der Waals surface area contributed by atoms with Gasteiger partial charge in [0.05, 0.1) is 6.20 Å². The minimum absolute atomic E-state index is 0.342. The Labute approximate surface area is 87.5 Å². The molecule has 14 heavy (non-hydrogen) atoms. The zero-order chi connectivity index (χ0) is 10.4. The first-order valence-corrected chi connectivity index (χ1v) is 5.65.